The number of hydrogen-bond acceptors (Lipinski definition) is 3. The van der Waals surface area contributed by atoms with Gasteiger partial charge in [0.1, 0.15) is 23.2 Å². The van der Waals surface area contributed by atoms with Gasteiger partial charge in [-0.2, -0.15) is 0 Å². The minimum atomic E-state index is -0.728. The summed E-state index contributed by atoms with van der Waals surface area (Å²) in [7, 11) is 0. The van der Waals surface area contributed by atoms with Gasteiger partial charge in [-0.3, -0.25) is 4.79 Å². The maximum atomic E-state index is 13.4. The first-order chi connectivity index (χ1) is 8.56. The smallest absolute Gasteiger partial charge is 0.185 e. The fourth-order valence-electron chi connectivity index (χ4n) is 1.54. The highest BCUT2D eigenvalue weighted by Crippen LogP contribution is 2.12. The van der Waals surface area contributed by atoms with Gasteiger partial charge in [0.05, 0.1) is 0 Å². The summed E-state index contributed by atoms with van der Waals surface area (Å²) < 4.78 is 26.1. The van der Waals surface area contributed by atoms with E-state index in [1.165, 1.54) is 18.3 Å². The molecule has 0 N–H and O–H groups in total. The van der Waals surface area contributed by atoms with Crippen LogP contribution >= 0.6 is 0 Å². The molecule has 92 valence electrons. The zero-order chi connectivity index (χ0) is 13.1. The lowest BCUT2D eigenvalue weighted by atomic mass is 10.1. The van der Waals surface area contributed by atoms with Crippen molar-refractivity contribution in [3.05, 3.63) is 59.2 Å². The molecular weight excluding hydrogens is 238 g/mol. The largest absolute Gasteiger partial charge is 0.292 e. The Balaban J connectivity index is 2.21. The van der Waals surface area contributed by atoms with E-state index < -0.39 is 11.6 Å². The highest BCUT2D eigenvalue weighted by molar-refractivity contribution is 5.95. The maximum absolute atomic E-state index is 13.4. The Morgan fingerprint density at radius 3 is 2.72 bits per heavy atom. The Bertz CT molecular complexity index is 599. The number of aryl methyl sites for hydroxylation is 1. The fourth-order valence-corrected chi connectivity index (χ4v) is 1.54. The summed E-state index contributed by atoms with van der Waals surface area (Å²) >= 11 is 0. The molecule has 2 aromatic rings. The lowest BCUT2D eigenvalue weighted by Crippen LogP contribution is -2.08. The molecule has 18 heavy (non-hydrogen) atoms. The van der Waals surface area contributed by atoms with Crippen LogP contribution in [0, 0.1) is 18.6 Å². The molecule has 0 bridgehead atoms. The molecule has 0 fully saturated rings. The number of rotatable bonds is 3. The van der Waals surface area contributed by atoms with Crippen molar-refractivity contribution >= 4 is 5.78 Å². The fraction of sp³-hybridized carbons (Fsp3) is 0.154. The van der Waals surface area contributed by atoms with Crippen molar-refractivity contribution in [3.63, 3.8) is 0 Å². The molecule has 1 aromatic carbocycles. The van der Waals surface area contributed by atoms with Gasteiger partial charge >= 0.3 is 0 Å². The minimum absolute atomic E-state index is 0.150. The molecule has 0 spiro atoms. The van der Waals surface area contributed by atoms with Crippen LogP contribution in [0.5, 0.6) is 0 Å². The van der Waals surface area contributed by atoms with Crippen LogP contribution in [0.4, 0.5) is 8.78 Å². The number of Topliss-reactive ketones (excluding diaryl/α,β-unsaturated/α-hetero) is 1. The van der Waals surface area contributed by atoms with Crippen LogP contribution in [0.2, 0.25) is 0 Å². The molecule has 5 heteroatoms. The predicted molar refractivity (Wildman–Crippen MR) is 61.2 cm³/mol. The van der Waals surface area contributed by atoms with Crippen LogP contribution in [-0.2, 0) is 6.42 Å². The monoisotopic (exact) mass is 248 g/mol. The third-order valence-corrected chi connectivity index (χ3v) is 2.43. The van der Waals surface area contributed by atoms with Crippen LogP contribution in [-0.4, -0.2) is 15.8 Å². The lowest BCUT2D eigenvalue weighted by molar-refractivity contribution is 0.0986. The van der Waals surface area contributed by atoms with E-state index in [0.717, 1.165) is 12.1 Å². The van der Waals surface area contributed by atoms with Crippen molar-refractivity contribution in [1.29, 1.82) is 0 Å². The van der Waals surface area contributed by atoms with E-state index in [9.17, 15) is 13.6 Å². The minimum Gasteiger partial charge on any atom is -0.292 e. The average molecular weight is 248 g/mol. The first-order valence-electron chi connectivity index (χ1n) is 5.33. The summed E-state index contributed by atoms with van der Waals surface area (Å²) in [6, 6.07) is 4.61. The Morgan fingerprint density at radius 1 is 1.28 bits per heavy atom. The third kappa shape index (κ3) is 2.74. The van der Waals surface area contributed by atoms with Crippen molar-refractivity contribution in [2.24, 2.45) is 0 Å². The number of halogens is 2. The number of aromatic nitrogens is 2. The lowest BCUT2D eigenvalue weighted by Gasteiger charge is -2.03. The van der Waals surface area contributed by atoms with Crippen molar-refractivity contribution in [1.82, 2.24) is 9.97 Å². The maximum Gasteiger partial charge on any atom is 0.185 e. The molecule has 0 aliphatic heterocycles. The molecule has 0 aliphatic carbocycles. The number of ketones is 1. The van der Waals surface area contributed by atoms with Gasteiger partial charge in [-0.25, -0.2) is 18.7 Å². The standard InChI is InChI=1S/C13H10F2N2O/c1-8-16-5-4-12(17-8)13(18)6-9-2-3-10(14)7-11(9)15/h2-5,7H,6H2,1H3. The van der Waals surface area contributed by atoms with Crippen molar-refractivity contribution in [2.45, 2.75) is 13.3 Å². The number of benzene rings is 1. The Labute approximate surface area is 103 Å². The second kappa shape index (κ2) is 5.00. The summed E-state index contributed by atoms with van der Waals surface area (Å²) in [5, 5.41) is 0. The summed E-state index contributed by atoms with van der Waals surface area (Å²) in [5.41, 5.74) is 0.379. The van der Waals surface area contributed by atoms with Crippen LogP contribution in [0.25, 0.3) is 0 Å². The van der Waals surface area contributed by atoms with Gasteiger partial charge in [0, 0.05) is 18.7 Å². The molecule has 3 nitrogen and oxygen atoms in total. The summed E-state index contributed by atoms with van der Waals surface area (Å²) in [6.45, 7) is 1.66. The van der Waals surface area contributed by atoms with Gasteiger partial charge < -0.3 is 0 Å². The SMILES string of the molecule is Cc1nccc(C(=O)Cc2ccc(F)cc2F)n1. The zero-order valence-electron chi connectivity index (χ0n) is 9.65. The Hall–Kier alpha value is -2.17. The van der Waals surface area contributed by atoms with Crippen LogP contribution in [0.3, 0.4) is 0 Å². The van der Waals surface area contributed by atoms with Crippen LogP contribution in [0.15, 0.2) is 30.5 Å². The highest BCUT2D eigenvalue weighted by Gasteiger charge is 2.12. The van der Waals surface area contributed by atoms with E-state index in [1.807, 2.05) is 0 Å². The summed E-state index contributed by atoms with van der Waals surface area (Å²) in [4.78, 5) is 19.7. The molecule has 0 unspecified atom stereocenters. The normalized spacial score (nSPS) is 10.4. The van der Waals surface area contributed by atoms with Gasteiger partial charge in [-0.1, -0.05) is 6.07 Å². The van der Waals surface area contributed by atoms with Gasteiger partial charge in [-0.05, 0) is 24.6 Å². The van der Waals surface area contributed by atoms with E-state index in [-0.39, 0.29) is 23.5 Å². The molecule has 0 radical (unpaired) electrons. The average Bonchev–Trinajstić information content (AvgIpc) is 2.32. The van der Waals surface area contributed by atoms with E-state index in [4.69, 9.17) is 0 Å². The quantitative estimate of drug-likeness (QED) is 0.784. The zero-order valence-corrected chi connectivity index (χ0v) is 9.65. The number of nitrogens with zero attached hydrogens (tertiary/aromatic N) is 2. The first kappa shape index (κ1) is 12.3. The van der Waals surface area contributed by atoms with Gasteiger partial charge in [0.2, 0.25) is 0 Å². The second-order valence-corrected chi connectivity index (χ2v) is 3.82. The molecule has 2 rings (SSSR count). The van der Waals surface area contributed by atoms with Crippen molar-refractivity contribution in [3.8, 4) is 0 Å². The molecule has 1 heterocycles. The first-order valence-corrected chi connectivity index (χ1v) is 5.33. The Kier molecular flexibility index (Phi) is 3.41. The van der Waals surface area contributed by atoms with E-state index in [2.05, 4.69) is 9.97 Å². The number of hydrogen-bond donors (Lipinski definition) is 0. The Morgan fingerprint density at radius 2 is 2.06 bits per heavy atom. The molecule has 0 aliphatic rings. The highest BCUT2D eigenvalue weighted by atomic mass is 19.1. The molecule has 0 amide bonds. The number of carbonyl (C=O) groups is 1. The van der Waals surface area contributed by atoms with Crippen LogP contribution in [0.1, 0.15) is 21.9 Å². The van der Waals surface area contributed by atoms with E-state index in [1.54, 1.807) is 6.92 Å². The summed E-state index contributed by atoms with van der Waals surface area (Å²) in [6.07, 6.45) is 1.32. The van der Waals surface area contributed by atoms with Gasteiger partial charge in [0.25, 0.3) is 0 Å². The van der Waals surface area contributed by atoms with E-state index >= 15 is 0 Å². The topological polar surface area (TPSA) is 42.9 Å². The molecule has 1 aromatic heterocycles. The van der Waals surface area contributed by atoms with Gasteiger partial charge in [-0.15, -0.1) is 0 Å². The molecule has 0 atom stereocenters. The second-order valence-electron chi connectivity index (χ2n) is 3.82. The predicted octanol–water partition coefficient (Wildman–Crippen LogP) is 2.49. The molecule has 0 saturated carbocycles. The number of carbonyl (C=O) groups excluding carboxylic acids is 1. The molecule has 0 saturated heterocycles. The third-order valence-electron chi connectivity index (χ3n) is 2.43. The van der Waals surface area contributed by atoms with Gasteiger partial charge in [0.15, 0.2) is 5.78 Å². The van der Waals surface area contributed by atoms with E-state index in [0.29, 0.717) is 5.82 Å². The van der Waals surface area contributed by atoms with Crippen LogP contribution < -0.4 is 0 Å². The van der Waals surface area contributed by atoms with Crippen molar-refractivity contribution in [2.75, 3.05) is 0 Å². The van der Waals surface area contributed by atoms with Crippen molar-refractivity contribution < 1.29 is 13.6 Å². The molecular formula is C13H10F2N2O. The summed E-state index contributed by atoms with van der Waals surface area (Å²) in [5.74, 6) is -1.25.